The number of hydrogen-bond acceptors (Lipinski definition) is 1. The van der Waals surface area contributed by atoms with Gasteiger partial charge >= 0.3 is 13.6 Å². The van der Waals surface area contributed by atoms with Gasteiger partial charge in [0.2, 0.25) is 5.58 Å². The lowest BCUT2D eigenvalue weighted by Crippen LogP contribution is -2.29. The summed E-state index contributed by atoms with van der Waals surface area (Å²) in [4.78, 5) is 0. The van der Waals surface area contributed by atoms with Crippen LogP contribution in [-0.4, -0.2) is 7.25 Å². The number of fused-ring (bicyclic) bond motifs is 1. The Balaban J connectivity index is 0.000000221. The van der Waals surface area contributed by atoms with Gasteiger partial charge in [-0.25, -0.2) is 0 Å². The van der Waals surface area contributed by atoms with Gasteiger partial charge in [0.05, 0.1) is 0 Å². The Hall–Kier alpha value is -1.53. The maximum Gasteiger partial charge on any atom is 0.673 e. The van der Waals surface area contributed by atoms with Crippen LogP contribution in [0.4, 0.5) is 17.3 Å². The van der Waals surface area contributed by atoms with Gasteiger partial charge < -0.3 is 21.7 Å². The number of aryl methyl sites for hydroxylation is 1. The van der Waals surface area contributed by atoms with Crippen LogP contribution in [0.3, 0.4) is 0 Å². The first kappa shape index (κ1) is 12.5. The van der Waals surface area contributed by atoms with Crippen LogP contribution >= 0.6 is 0 Å². The zero-order valence-corrected chi connectivity index (χ0v) is 8.54. The van der Waals surface area contributed by atoms with Crippen molar-refractivity contribution in [2.24, 2.45) is 0 Å². The highest BCUT2D eigenvalue weighted by Crippen LogP contribution is 2.08. The summed E-state index contributed by atoms with van der Waals surface area (Å²) in [5, 5.41) is 0. The molecule has 0 saturated heterocycles. The number of benzene rings is 1. The van der Waals surface area contributed by atoms with E-state index in [4.69, 9.17) is 4.42 Å². The van der Waals surface area contributed by atoms with Crippen LogP contribution in [0, 0.1) is 0 Å². The smallest absolute Gasteiger partial charge is 0.418 e. The molecule has 1 aromatic heterocycles. The molecule has 1 heterocycles. The van der Waals surface area contributed by atoms with Gasteiger partial charge in [-0.3, -0.25) is 0 Å². The average molecular weight is 235 g/mol. The Labute approximate surface area is 89.6 Å². The van der Waals surface area contributed by atoms with E-state index in [2.05, 4.69) is 17.6 Å². The highest BCUT2D eigenvalue weighted by atomic mass is 19.5. The molecule has 0 N–H and O–H groups in total. The molecule has 7 heteroatoms. The first-order valence-corrected chi connectivity index (χ1v) is 4.65. The van der Waals surface area contributed by atoms with Crippen molar-refractivity contribution in [2.75, 3.05) is 0 Å². The fraction of sp³-hybridized carbons (Fsp3) is 0.222. The van der Waals surface area contributed by atoms with Gasteiger partial charge in [0.15, 0.2) is 0 Å². The fourth-order valence-electron chi connectivity index (χ4n) is 1.22. The van der Waals surface area contributed by atoms with Crippen LogP contribution in [-0.2, 0) is 6.54 Å². The molecule has 88 valence electrons. The monoisotopic (exact) mass is 235 g/mol. The van der Waals surface area contributed by atoms with Gasteiger partial charge in [0, 0.05) is 6.07 Å². The molecule has 0 fully saturated rings. The number of hydrogen-bond donors (Lipinski definition) is 0. The molecule has 0 spiro atoms. The minimum atomic E-state index is -6.00. The van der Waals surface area contributed by atoms with E-state index in [1.165, 1.54) is 0 Å². The Morgan fingerprint density at radius 1 is 1.19 bits per heavy atom. The van der Waals surface area contributed by atoms with Gasteiger partial charge in [-0.2, -0.15) is 4.57 Å². The predicted octanol–water partition coefficient (Wildman–Crippen LogP) is 3.04. The molecule has 16 heavy (non-hydrogen) atoms. The molecule has 0 amide bonds. The second kappa shape index (κ2) is 5.00. The van der Waals surface area contributed by atoms with Crippen molar-refractivity contribution in [2.45, 2.75) is 13.5 Å². The SMILES string of the molecule is CC[n+]1coc2ccccc21.F[B-](F)(F)F. The van der Waals surface area contributed by atoms with Crippen molar-refractivity contribution >= 4 is 18.4 Å². The Morgan fingerprint density at radius 2 is 1.75 bits per heavy atom. The molecule has 0 unspecified atom stereocenters. The summed E-state index contributed by atoms with van der Waals surface area (Å²) in [5.74, 6) is 0. The lowest BCUT2D eigenvalue weighted by molar-refractivity contribution is -0.672. The van der Waals surface area contributed by atoms with Crippen molar-refractivity contribution in [3.63, 3.8) is 0 Å². The van der Waals surface area contributed by atoms with Gasteiger partial charge in [0.25, 0.3) is 5.52 Å². The topological polar surface area (TPSA) is 17.0 Å². The van der Waals surface area contributed by atoms with Crippen molar-refractivity contribution in [3.05, 3.63) is 30.7 Å². The summed E-state index contributed by atoms with van der Waals surface area (Å²) in [5.41, 5.74) is 2.12. The van der Waals surface area contributed by atoms with Crippen molar-refractivity contribution in [3.8, 4) is 0 Å². The maximum atomic E-state index is 9.75. The van der Waals surface area contributed by atoms with E-state index in [0.717, 1.165) is 17.6 Å². The first-order chi connectivity index (χ1) is 7.42. The maximum absolute atomic E-state index is 9.75. The molecule has 0 radical (unpaired) electrons. The Kier molecular flexibility index (Phi) is 3.92. The van der Waals surface area contributed by atoms with E-state index in [1.807, 2.05) is 18.2 Å². The number of nitrogens with zero attached hydrogens (tertiary/aromatic N) is 1. The van der Waals surface area contributed by atoms with Gasteiger partial charge in [-0.1, -0.05) is 12.1 Å². The van der Waals surface area contributed by atoms with Gasteiger partial charge in [-0.15, -0.1) is 0 Å². The first-order valence-electron chi connectivity index (χ1n) is 4.65. The summed E-state index contributed by atoms with van der Waals surface area (Å²) in [6.45, 7) is 3.05. The second-order valence-corrected chi connectivity index (χ2v) is 2.97. The molecule has 0 aliphatic carbocycles. The molecule has 0 aliphatic rings. The molecule has 2 nitrogen and oxygen atoms in total. The van der Waals surface area contributed by atoms with E-state index >= 15 is 0 Å². The molecule has 2 aromatic rings. The third kappa shape index (κ3) is 3.92. The number of rotatable bonds is 1. The normalized spacial score (nSPS) is 11.1. The summed E-state index contributed by atoms with van der Waals surface area (Å²) in [6.07, 6.45) is 1.75. The van der Waals surface area contributed by atoms with Crippen LogP contribution in [0.15, 0.2) is 35.1 Å². The van der Waals surface area contributed by atoms with Crippen LogP contribution in [0.1, 0.15) is 6.92 Å². The van der Waals surface area contributed by atoms with E-state index in [0.29, 0.717) is 0 Å². The molecular formula is C9H10BF4NO. The zero-order valence-electron chi connectivity index (χ0n) is 8.54. The molecule has 0 bridgehead atoms. The summed E-state index contributed by atoms with van der Waals surface area (Å²) in [7, 11) is -6.00. The third-order valence-electron chi connectivity index (χ3n) is 1.82. The quantitative estimate of drug-likeness (QED) is 0.421. The average Bonchev–Trinajstić information content (AvgIpc) is 2.58. The number of halogens is 4. The molecule has 1 aromatic carbocycles. The number of aromatic nitrogens is 1. The third-order valence-corrected chi connectivity index (χ3v) is 1.82. The lowest BCUT2D eigenvalue weighted by Gasteiger charge is -1.94. The van der Waals surface area contributed by atoms with Crippen LogP contribution in [0.25, 0.3) is 11.1 Å². The Bertz CT molecular complexity index is 448. The summed E-state index contributed by atoms with van der Waals surface area (Å²) >= 11 is 0. The summed E-state index contributed by atoms with van der Waals surface area (Å²) < 4.78 is 46.4. The van der Waals surface area contributed by atoms with Crippen molar-refractivity contribution < 1.29 is 26.2 Å². The minimum Gasteiger partial charge on any atom is -0.418 e. The van der Waals surface area contributed by atoms with E-state index in [9.17, 15) is 17.3 Å². The zero-order chi connectivity index (χ0) is 12.2. The molecular weight excluding hydrogens is 225 g/mol. The van der Waals surface area contributed by atoms with Crippen LogP contribution in [0.2, 0.25) is 0 Å². The summed E-state index contributed by atoms with van der Waals surface area (Å²) in [6, 6.07) is 8.03. The minimum absolute atomic E-state index is 0.953. The number of para-hydroxylation sites is 2. The lowest BCUT2D eigenvalue weighted by atomic mass is 10.3. The standard InChI is InChI=1S/C9H10NO.BF4/c1-2-10-7-11-9-6-4-3-5-8(9)10;2-1(3,4)5/h3-7H,2H2,1H3;/q+1;-1. The molecule has 2 rings (SSSR count). The van der Waals surface area contributed by atoms with Crippen molar-refractivity contribution in [1.82, 2.24) is 0 Å². The van der Waals surface area contributed by atoms with E-state index < -0.39 is 7.25 Å². The predicted molar refractivity (Wildman–Crippen MR) is 52.3 cm³/mol. The Morgan fingerprint density at radius 3 is 2.31 bits per heavy atom. The van der Waals surface area contributed by atoms with Gasteiger partial charge in [0.1, 0.15) is 6.54 Å². The molecule has 0 saturated carbocycles. The van der Waals surface area contributed by atoms with E-state index in [1.54, 1.807) is 6.39 Å². The second-order valence-electron chi connectivity index (χ2n) is 2.97. The highest BCUT2D eigenvalue weighted by Gasteiger charge is 2.20. The number of oxazole rings is 1. The van der Waals surface area contributed by atoms with Crippen LogP contribution < -0.4 is 4.57 Å². The van der Waals surface area contributed by atoms with Crippen LogP contribution in [0.5, 0.6) is 0 Å². The van der Waals surface area contributed by atoms with E-state index in [-0.39, 0.29) is 0 Å². The van der Waals surface area contributed by atoms with Gasteiger partial charge in [-0.05, 0) is 13.0 Å². The highest BCUT2D eigenvalue weighted by molar-refractivity contribution is 6.50. The fourth-order valence-corrected chi connectivity index (χ4v) is 1.22. The largest absolute Gasteiger partial charge is 0.673 e. The van der Waals surface area contributed by atoms with Crippen molar-refractivity contribution in [1.29, 1.82) is 0 Å². The molecule has 0 atom stereocenters. The molecule has 0 aliphatic heterocycles.